The second-order valence-corrected chi connectivity index (χ2v) is 8.22. The van der Waals surface area contributed by atoms with Crippen molar-refractivity contribution in [1.29, 1.82) is 0 Å². The normalized spacial score (nSPS) is 30.0. The first-order valence-corrected chi connectivity index (χ1v) is 10.0. The van der Waals surface area contributed by atoms with Crippen LogP contribution >= 0.6 is 15.9 Å². The number of esters is 1. The molecule has 28 heavy (non-hydrogen) atoms. The van der Waals surface area contributed by atoms with Gasteiger partial charge in [0.05, 0.1) is 24.3 Å². The number of para-hydroxylation sites is 1. The van der Waals surface area contributed by atoms with Gasteiger partial charge in [0.25, 0.3) is 0 Å². The predicted molar refractivity (Wildman–Crippen MR) is 106 cm³/mol. The molecule has 2 saturated heterocycles. The van der Waals surface area contributed by atoms with E-state index in [2.05, 4.69) is 15.9 Å². The van der Waals surface area contributed by atoms with Crippen molar-refractivity contribution in [2.24, 2.45) is 11.8 Å². The van der Waals surface area contributed by atoms with E-state index >= 15 is 0 Å². The van der Waals surface area contributed by atoms with Crippen LogP contribution in [0.15, 0.2) is 71.2 Å². The van der Waals surface area contributed by atoms with Crippen LogP contribution in [-0.2, 0) is 25.7 Å². The maximum absolute atomic E-state index is 13.3. The highest BCUT2D eigenvalue weighted by Gasteiger charge is 2.67. The molecule has 2 fully saturated rings. The molecule has 4 atom stereocenters. The number of hydrogen-bond acceptors (Lipinski definition) is 4. The zero-order valence-corrected chi connectivity index (χ0v) is 16.5. The van der Waals surface area contributed by atoms with Crippen molar-refractivity contribution in [3.63, 3.8) is 0 Å². The first-order valence-electron chi connectivity index (χ1n) is 9.23. The van der Waals surface area contributed by atoms with Crippen LogP contribution in [0.3, 0.4) is 0 Å². The van der Waals surface area contributed by atoms with Crippen LogP contribution in [0.25, 0.3) is 0 Å². The largest absolute Gasteiger partial charge is 0.460 e. The molecule has 3 aliphatic rings. The van der Waals surface area contributed by atoms with E-state index in [1.807, 2.05) is 66.7 Å². The van der Waals surface area contributed by atoms with E-state index in [9.17, 15) is 9.59 Å². The molecule has 0 unspecified atom stereocenters. The van der Waals surface area contributed by atoms with Crippen molar-refractivity contribution in [3.05, 3.63) is 76.8 Å². The monoisotopic (exact) mass is 439 g/mol. The Hall–Kier alpha value is -2.44. The van der Waals surface area contributed by atoms with Gasteiger partial charge in [-0.15, -0.1) is 0 Å². The second-order valence-electron chi connectivity index (χ2n) is 7.37. The molecule has 5 nitrogen and oxygen atoms in total. The van der Waals surface area contributed by atoms with E-state index in [1.165, 1.54) is 0 Å². The van der Waals surface area contributed by atoms with E-state index in [1.54, 1.807) is 4.90 Å². The molecule has 1 amide bonds. The molecule has 0 N–H and O–H groups in total. The second kappa shape index (κ2) is 6.57. The number of hydrogen-bond donors (Lipinski definition) is 0. The Morgan fingerprint density at radius 1 is 1.18 bits per heavy atom. The summed E-state index contributed by atoms with van der Waals surface area (Å²) in [5.74, 6) is -1.65. The average Bonchev–Trinajstić information content (AvgIpc) is 3.36. The lowest BCUT2D eigenvalue weighted by Crippen LogP contribution is -2.40. The predicted octanol–water partition coefficient (Wildman–Crippen LogP) is 3.48. The number of ether oxygens (including phenoxy) is 2. The Labute approximate surface area is 171 Å². The van der Waals surface area contributed by atoms with Crippen LogP contribution < -0.4 is 4.90 Å². The zero-order chi connectivity index (χ0) is 19.3. The van der Waals surface area contributed by atoms with Crippen molar-refractivity contribution >= 4 is 33.5 Å². The molecule has 0 aliphatic carbocycles. The third-order valence-corrected chi connectivity index (χ3v) is 6.41. The molecule has 2 aromatic carbocycles. The molecule has 3 heterocycles. The van der Waals surface area contributed by atoms with E-state index in [4.69, 9.17) is 9.47 Å². The van der Waals surface area contributed by atoms with E-state index in [0.29, 0.717) is 6.54 Å². The number of carbonyl (C=O) groups is 2. The summed E-state index contributed by atoms with van der Waals surface area (Å²) in [5.41, 5.74) is 0.943. The van der Waals surface area contributed by atoms with Crippen LogP contribution in [-0.4, -0.2) is 30.1 Å². The summed E-state index contributed by atoms with van der Waals surface area (Å²) in [6.45, 7) is 0.586. The molecule has 6 heteroatoms. The number of anilines is 1. The van der Waals surface area contributed by atoms with E-state index < -0.39 is 23.5 Å². The topological polar surface area (TPSA) is 55.8 Å². The highest BCUT2D eigenvalue weighted by atomic mass is 79.9. The molecule has 1 spiro atoms. The molecule has 3 aliphatic heterocycles. The summed E-state index contributed by atoms with van der Waals surface area (Å²) in [4.78, 5) is 27.9. The standard InChI is InChI=1S/C22H18BrNO4/c23-15-8-4-5-9-16(15)24-13-22-11-10-17(28-22)18(19(22)20(24)25)21(26)27-12-14-6-2-1-3-7-14/h1-11,17-19H,12-13H2/t17-,18+,19-,22+/m0/s1. The number of fused-ring (bicyclic) bond motifs is 1. The van der Waals surface area contributed by atoms with Gasteiger partial charge in [0.15, 0.2) is 0 Å². The minimum atomic E-state index is -0.756. The fourth-order valence-corrected chi connectivity index (χ4v) is 4.97. The highest BCUT2D eigenvalue weighted by Crippen LogP contribution is 2.53. The number of amides is 1. The Morgan fingerprint density at radius 2 is 1.93 bits per heavy atom. The van der Waals surface area contributed by atoms with Crippen LogP contribution in [0.2, 0.25) is 0 Å². The summed E-state index contributed by atoms with van der Waals surface area (Å²) < 4.78 is 12.5. The van der Waals surface area contributed by atoms with Crippen LogP contribution in [0, 0.1) is 11.8 Å². The summed E-state index contributed by atoms with van der Waals surface area (Å²) >= 11 is 3.51. The van der Waals surface area contributed by atoms with Crippen molar-refractivity contribution < 1.29 is 19.1 Å². The van der Waals surface area contributed by atoms with Crippen LogP contribution in [0.4, 0.5) is 5.69 Å². The van der Waals surface area contributed by atoms with Gasteiger partial charge in [0.1, 0.15) is 18.1 Å². The van der Waals surface area contributed by atoms with Gasteiger partial charge in [-0.25, -0.2) is 0 Å². The number of nitrogens with zero attached hydrogens (tertiary/aromatic N) is 1. The maximum atomic E-state index is 13.3. The van der Waals surface area contributed by atoms with Crippen molar-refractivity contribution in [2.75, 3.05) is 11.4 Å². The summed E-state index contributed by atoms with van der Waals surface area (Å²) in [6.07, 6.45) is 3.43. The molecular weight excluding hydrogens is 422 g/mol. The minimum absolute atomic E-state index is 0.0968. The first kappa shape index (κ1) is 17.6. The maximum Gasteiger partial charge on any atom is 0.313 e. The Morgan fingerprint density at radius 3 is 2.71 bits per heavy atom. The Kier molecular flexibility index (Phi) is 4.14. The lowest BCUT2D eigenvalue weighted by molar-refractivity contribution is -0.153. The SMILES string of the molecule is O=C(OCc1ccccc1)[C@@H]1[C@@H]2C=C[C@]3(CN(c4ccccc4Br)C(=O)[C@H]13)O2. The van der Waals surface area contributed by atoms with E-state index in [-0.39, 0.29) is 18.5 Å². The van der Waals surface area contributed by atoms with E-state index in [0.717, 1.165) is 15.7 Å². The molecule has 5 rings (SSSR count). The fourth-order valence-electron chi connectivity index (χ4n) is 4.47. The van der Waals surface area contributed by atoms with Crippen LogP contribution in [0.1, 0.15) is 5.56 Å². The summed E-state index contributed by atoms with van der Waals surface area (Å²) in [6, 6.07) is 17.1. The molecule has 142 valence electrons. The number of rotatable bonds is 4. The van der Waals surface area contributed by atoms with Crippen molar-refractivity contribution in [2.45, 2.75) is 18.3 Å². The number of benzene rings is 2. The third kappa shape index (κ3) is 2.63. The van der Waals surface area contributed by atoms with Crippen LogP contribution in [0.5, 0.6) is 0 Å². The molecule has 0 aromatic heterocycles. The van der Waals surface area contributed by atoms with Crippen molar-refractivity contribution in [1.82, 2.24) is 0 Å². The number of carbonyl (C=O) groups excluding carboxylic acids is 2. The molecule has 0 radical (unpaired) electrons. The number of halogens is 1. The quantitative estimate of drug-likeness (QED) is 0.540. The van der Waals surface area contributed by atoms with Gasteiger partial charge < -0.3 is 14.4 Å². The molecule has 2 bridgehead atoms. The molecule has 0 saturated carbocycles. The first-order chi connectivity index (χ1) is 13.6. The van der Waals surface area contributed by atoms with Gasteiger partial charge in [0.2, 0.25) is 5.91 Å². The summed E-state index contributed by atoms with van der Waals surface area (Å²) in [7, 11) is 0. The fraction of sp³-hybridized carbons (Fsp3) is 0.273. The van der Waals surface area contributed by atoms with Gasteiger partial charge >= 0.3 is 5.97 Å². The highest BCUT2D eigenvalue weighted by molar-refractivity contribution is 9.10. The van der Waals surface area contributed by atoms with Gasteiger partial charge in [-0.2, -0.15) is 0 Å². The minimum Gasteiger partial charge on any atom is -0.460 e. The molecular formula is C22H18BrNO4. The van der Waals surface area contributed by atoms with Crippen molar-refractivity contribution in [3.8, 4) is 0 Å². The molecule has 2 aromatic rings. The Balaban J connectivity index is 1.40. The summed E-state index contributed by atoms with van der Waals surface area (Å²) in [5, 5.41) is 0. The Bertz CT molecular complexity index is 976. The lowest BCUT2D eigenvalue weighted by atomic mass is 9.77. The van der Waals surface area contributed by atoms with Gasteiger partial charge in [-0.1, -0.05) is 54.6 Å². The smallest absolute Gasteiger partial charge is 0.313 e. The van der Waals surface area contributed by atoms with Gasteiger partial charge in [0, 0.05) is 4.47 Å². The lowest BCUT2D eigenvalue weighted by Gasteiger charge is -2.22. The van der Waals surface area contributed by atoms with Gasteiger partial charge in [-0.05, 0) is 33.6 Å². The zero-order valence-electron chi connectivity index (χ0n) is 15.0. The average molecular weight is 440 g/mol. The third-order valence-electron chi connectivity index (χ3n) is 5.74. The van der Waals surface area contributed by atoms with Gasteiger partial charge in [-0.3, -0.25) is 9.59 Å².